The van der Waals surface area contributed by atoms with Crippen molar-refractivity contribution in [2.45, 2.75) is 12.6 Å². The third kappa shape index (κ3) is 2.24. The highest BCUT2D eigenvalue weighted by atomic mass is 19.4. The molecule has 1 N–H and O–H groups in total. The van der Waals surface area contributed by atoms with Crippen molar-refractivity contribution >= 4 is 5.97 Å². The van der Waals surface area contributed by atoms with E-state index in [1.807, 2.05) is 0 Å². The lowest BCUT2D eigenvalue weighted by atomic mass is 10.2. The Morgan fingerprint density at radius 1 is 1.64 bits per heavy atom. The molecule has 0 aliphatic rings. The van der Waals surface area contributed by atoms with Crippen LogP contribution >= 0.6 is 0 Å². The van der Waals surface area contributed by atoms with Gasteiger partial charge in [-0.1, -0.05) is 0 Å². The van der Waals surface area contributed by atoms with Crippen LogP contribution in [-0.4, -0.2) is 20.9 Å². The molecule has 0 saturated carbocycles. The molecule has 1 aromatic heterocycles. The third-order valence-electron chi connectivity index (χ3n) is 1.51. The van der Waals surface area contributed by atoms with Gasteiger partial charge < -0.3 is 5.11 Å². The average Bonchev–Trinajstić information content (AvgIpc) is 2.28. The molecule has 0 radical (unpaired) electrons. The second-order valence-corrected chi connectivity index (χ2v) is 2.74. The Balaban J connectivity index is 3.09. The Kier molecular flexibility index (Phi) is 2.50. The van der Waals surface area contributed by atoms with Gasteiger partial charge in [0.2, 0.25) is 0 Å². The minimum atomic E-state index is -4.61. The van der Waals surface area contributed by atoms with E-state index < -0.39 is 24.3 Å². The maximum absolute atomic E-state index is 12.2. The van der Waals surface area contributed by atoms with Gasteiger partial charge in [-0.2, -0.15) is 18.3 Å². The van der Waals surface area contributed by atoms with E-state index in [0.717, 1.165) is 10.9 Å². The summed E-state index contributed by atoms with van der Waals surface area (Å²) in [5, 5.41) is 11.5. The molecule has 4 nitrogen and oxygen atoms in total. The van der Waals surface area contributed by atoms with Crippen molar-refractivity contribution in [2.24, 2.45) is 7.05 Å². The number of aromatic nitrogens is 2. The summed E-state index contributed by atoms with van der Waals surface area (Å²) in [5.41, 5.74) is -1.46. The first-order valence-corrected chi connectivity index (χ1v) is 3.62. The number of aryl methyl sites for hydroxylation is 1. The van der Waals surface area contributed by atoms with Gasteiger partial charge in [0.05, 0.1) is 6.42 Å². The molecule has 0 amide bonds. The number of aliphatic carboxylic acids is 1. The zero-order chi connectivity index (χ0) is 10.9. The van der Waals surface area contributed by atoms with Crippen LogP contribution in [0.5, 0.6) is 0 Å². The Morgan fingerprint density at radius 3 is 2.64 bits per heavy atom. The highest BCUT2D eigenvalue weighted by molar-refractivity contribution is 5.70. The van der Waals surface area contributed by atoms with Crippen LogP contribution in [0.2, 0.25) is 0 Å². The molecular weight excluding hydrogens is 201 g/mol. The van der Waals surface area contributed by atoms with Gasteiger partial charge in [-0.15, -0.1) is 0 Å². The normalized spacial score (nSPS) is 11.7. The van der Waals surface area contributed by atoms with Crippen LogP contribution in [0.3, 0.4) is 0 Å². The molecular formula is C7H7F3N2O2. The van der Waals surface area contributed by atoms with Gasteiger partial charge >= 0.3 is 12.1 Å². The van der Waals surface area contributed by atoms with E-state index in [4.69, 9.17) is 5.11 Å². The summed E-state index contributed by atoms with van der Waals surface area (Å²) in [5.74, 6) is -1.32. The van der Waals surface area contributed by atoms with Crippen molar-refractivity contribution in [3.05, 3.63) is 17.5 Å². The van der Waals surface area contributed by atoms with Gasteiger partial charge in [0.25, 0.3) is 0 Å². The summed E-state index contributed by atoms with van der Waals surface area (Å²) < 4.78 is 37.7. The van der Waals surface area contributed by atoms with Gasteiger partial charge in [0.15, 0.2) is 5.69 Å². The first-order chi connectivity index (χ1) is 6.30. The van der Waals surface area contributed by atoms with Crippen molar-refractivity contribution in [3.63, 3.8) is 0 Å². The van der Waals surface area contributed by atoms with Crippen molar-refractivity contribution in [2.75, 3.05) is 0 Å². The lowest BCUT2D eigenvalue weighted by Crippen LogP contribution is -2.11. The molecule has 0 bridgehead atoms. The second-order valence-electron chi connectivity index (χ2n) is 2.74. The number of carboxylic acids is 1. The summed E-state index contributed by atoms with van der Waals surface area (Å²) in [6.07, 6.45) is -4.23. The largest absolute Gasteiger partial charge is 0.481 e. The van der Waals surface area contributed by atoms with Crippen LogP contribution in [0.25, 0.3) is 0 Å². The molecule has 0 aliphatic heterocycles. The predicted molar refractivity (Wildman–Crippen MR) is 39.5 cm³/mol. The summed E-state index contributed by atoms with van der Waals surface area (Å²) in [4.78, 5) is 10.3. The smallest absolute Gasteiger partial charge is 0.435 e. The lowest BCUT2D eigenvalue weighted by molar-refractivity contribution is -0.142. The molecule has 14 heavy (non-hydrogen) atoms. The van der Waals surface area contributed by atoms with Crippen LogP contribution in [-0.2, 0) is 24.4 Å². The van der Waals surface area contributed by atoms with E-state index in [2.05, 4.69) is 5.10 Å². The first-order valence-electron chi connectivity index (χ1n) is 3.62. The zero-order valence-electron chi connectivity index (χ0n) is 7.17. The van der Waals surface area contributed by atoms with Crippen LogP contribution in [0.15, 0.2) is 6.20 Å². The Labute approximate surface area is 77.0 Å². The van der Waals surface area contributed by atoms with Crippen molar-refractivity contribution in [1.82, 2.24) is 9.78 Å². The highest BCUT2D eigenvalue weighted by Crippen LogP contribution is 2.30. The molecule has 7 heteroatoms. The molecule has 1 aromatic rings. The fourth-order valence-corrected chi connectivity index (χ4v) is 1.07. The molecule has 1 rings (SSSR count). The molecule has 0 unspecified atom stereocenters. The summed E-state index contributed by atoms with van der Waals surface area (Å²) >= 11 is 0. The molecule has 0 fully saturated rings. The van der Waals surface area contributed by atoms with Gasteiger partial charge in [-0.3, -0.25) is 9.48 Å². The molecule has 1 heterocycles. The summed E-state index contributed by atoms with van der Waals surface area (Å²) in [6, 6.07) is 0. The first kappa shape index (κ1) is 10.6. The maximum atomic E-state index is 12.2. The molecule has 0 spiro atoms. The van der Waals surface area contributed by atoms with Gasteiger partial charge in [0.1, 0.15) is 0 Å². The maximum Gasteiger partial charge on any atom is 0.435 e. The number of alkyl halides is 3. The molecule has 78 valence electrons. The topological polar surface area (TPSA) is 55.1 Å². The van der Waals surface area contributed by atoms with E-state index in [0.29, 0.717) is 0 Å². The Bertz CT molecular complexity index is 356. The van der Waals surface area contributed by atoms with E-state index in [-0.39, 0.29) is 5.56 Å². The number of carbonyl (C=O) groups is 1. The van der Waals surface area contributed by atoms with Crippen LogP contribution in [0, 0.1) is 0 Å². The Morgan fingerprint density at radius 2 is 2.21 bits per heavy atom. The number of rotatable bonds is 2. The average molecular weight is 208 g/mol. The fraction of sp³-hybridized carbons (Fsp3) is 0.429. The fourth-order valence-electron chi connectivity index (χ4n) is 1.07. The van der Waals surface area contributed by atoms with E-state index in [9.17, 15) is 18.0 Å². The molecule has 0 aliphatic carbocycles. The van der Waals surface area contributed by atoms with Crippen LogP contribution in [0.1, 0.15) is 11.3 Å². The number of hydrogen-bond donors (Lipinski definition) is 1. The number of carboxylic acid groups (broad SMARTS) is 1. The second kappa shape index (κ2) is 3.32. The quantitative estimate of drug-likeness (QED) is 0.790. The van der Waals surface area contributed by atoms with Crippen molar-refractivity contribution < 1.29 is 23.1 Å². The van der Waals surface area contributed by atoms with Crippen LogP contribution in [0.4, 0.5) is 13.2 Å². The van der Waals surface area contributed by atoms with E-state index >= 15 is 0 Å². The number of halogens is 3. The van der Waals surface area contributed by atoms with E-state index in [1.165, 1.54) is 7.05 Å². The SMILES string of the molecule is Cn1cc(CC(=O)O)c(C(F)(F)F)n1. The third-order valence-corrected chi connectivity index (χ3v) is 1.51. The predicted octanol–water partition coefficient (Wildman–Crippen LogP) is 1.07. The van der Waals surface area contributed by atoms with Gasteiger partial charge in [-0.25, -0.2) is 0 Å². The minimum absolute atomic E-state index is 0.326. The van der Waals surface area contributed by atoms with Crippen molar-refractivity contribution in [3.8, 4) is 0 Å². The number of nitrogens with zero attached hydrogens (tertiary/aromatic N) is 2. The Hall–Kier alpha value is -1.53. The minimum Gasteiger partial charge on any atom is -0.481 e. The monoisotopic (exact) mass is 208 g/mol. The van der Waals surface area contributed by atoms with Crippen molar-refractivity contribution in [1.29, 1.82) is 0 Å². The number of hydrogen-bond acceptors (Lipinski definition) is 2. The van der Waals surface area contributed by atoms with E-state index in [1.54, 1.807) is 0 Å². The molecule has 0 aromatic carbocycles. The molecule has 0 atom stereocenters. The van der Waals surface area contributed by atoms with Crippen LogP contribution < -0.4 is 0 Å². The van der Waals surface area contributed by atoms with Gasteiger partial charge in [0, 0.05) is 18.8 Å². The summed E-state index contributed by atoms with van der Waals surface area (Å²) in [6.45, 7) is 0. The van der Waals surface area contributed by atoms with Gasteiger partial charge in [-0.05, 0) is 0 Å². The zero-order valence-corrected chi connectivity index (χ0v) is 7.17. The highest BCUT2D eigenvalue weighted by Gasteiger charge is 2.37. The molecule has 0 saturated heterocycles. The summed E-state index contributed by atoms with van der Waals surface area (Å²) in [7, 11) is 1.31. The standard InChI is InChI=1S/C7H7F3N2O2/c1-12-3-4(2-5(13)14)6(11-12)7(8,9)10/h3H,2H2,1H3,(H,13,14). The lowest BCUT2D eigenvalue weighted by Gasteiger charge is -2.03.